The minimum atomic E-state index is -4.44. The zero-order chi connectivity index (χ0) is 25.3. The standard InChI is InChI=1S/C28H26F3N3O2/c1-17(18-4-2-6-23(12-18)36-26-10-9-21(15-33-26)28(29,30)31)24-13-20-8-7-19(24)14-25(20)27(35)34-22-5-3-11-32-16-22/h2-6,9-12,15-16,19-20,25H,7-8,13-14H2,1H3,(H,34,35)/b24-17+. The van der Waals surface area contributed by atoms with Gasteiger partial charge in [-0.15, -0.1) is 0 Å². The molecule has 3 aliphatic rings. The molecule has 2 heterocycles. The number of benzene rings is 1. The van der Waals surface area contributed by atoms with Crippen molar-refractivity contribution in [1.82, 2.24) is 9.97 Å². The van der Waals surface area contributed by atoms with Crippen LogP contribution in [0.2, 0.25) is 0 Å². The summed E-state index contributed by atoms with van der Waals surface area (Å²) in [4.78, 5) is 20.8. The average molecular weight is 494 g/mol. The molecule has 6 rings (SSSR count). The molecular weight excluding hydrogens is 467 g/mol. The second-order valence-corrected chi connectivity index (χ2v) is 9.47. The SMILES string of the molecule is C/C(=C1/CC2CCC1CC2C(=O)Nc1cccnc1)c1cccc(Oc2ccc(C(F)(F)F)cn2)c1. The number of hydrogen-bond acceptors (Lipinski definition) is 4. The van der Waals surface area contributed by atoms with Crippen LogP contribution >= 0.6 is 0 Å². The van der Waals surface area contributed by atoms with E-state index in [4.69, 9.17) is 4.74 Å². The van der Waals surface area contributed by atoms with Crippen LogP contribution in [0, 0.1) is 17.8 Å². The van der Waals surface area contributed by atoms with E-state index in [1.807, 2.05) is 24.3 Å². The Kier molecular flexibility index (Phi) is 6.51. The Balaban J connectivity index is 1.30. The molecule has 0 spiro atoms. The predicted molar refractivity (Wildman–Crippen MR) is 130 cm³/mol. The van der Waals surface area contributed by atoms with Crippen molar-refractivity contribution in [1.29, 1.82) is 0 Å². The molecule has 36 heavy (non-hydrogen) atoms. The first-order valence-electron chi connectivity index (χ1n) is 12.0. The fourth-order valence-electron chi connectivity index (χ4n) is 5.40. The molecular formula is C28H26F3N3O2. The monoisotopic (exact) mass is 493 g/mol. The van der Waals surface area contributed by atoms with E-state index in [1.165, 1.54) is 17.2 Å². The maximum Gasteiger partial charge on any atom is 0.417 e. The molecule has 1 amide bonds. The van der Waals surface area contributed by atoms with Gasteiger partial charge >= 0.3 is 6.18 Å². The number of aromatic nitrogens is 2. The van der Waals surface area contributed by atoms with E-state index in [0.717, 1.165) is 49.2 Å². The molecule has 3 aromatic rings. The molecule has 1 N–H and O–H groups in total. The van der Waals surface area contributed by atoms with Gasteiger partial charge in [0.1, 0.15) is 5.75 Å². The molecule has 0 radical (unpaired) electrons. The van der Waals surface area contributed by atoms with Crippen molar-refractivity contribution in [2.24, 2.45) is 17.8 Å². The minimum Gasteiger partial charge on any atom is -0.439 e. The van der Waals surface area contributed by atoms with E-state index < -0.39 is 11.7 Å². The highest BCUT2D eigenvalue weighted by atomic mass is 19.4. The molecule has 186 valence electrons. The molecule has 3 aliphatic carbocycles. The number of alkyl halides is 3. The quantitative estimate of drug-likeness (QED) is 0.410. The van der Waals surface area contributed by atoms with Gasteiger partial charge < -0.3 is 10.1 Å². The van der Waals surface area contributed by atoms with Gasteiger partial charge in [-0.05, 0) is 85.9 Å². The maximum atomic E-state index is 13.0. The Morgan fingerprint density at radius 1 is 1.08 bits per heavy atom. The first-order chi connectivity index (χ1) is 17.3. The first kappa shape index (κ1) is 24.0. The highest BCUT2D eigenvalue weighted by molar-refractivity contribution is 5.93. The smallest absolute Gasteiger partial charge is 0.417 e. The van der Waals surface area contributed by atoms with Crippen molar-refractivity contribution >= 4 is 17.2 Å². The van der Waals surface area contributed by atoms with E-state index in [9.17, 15) is 18.0 Å². The normalized spacial score (nSPS) is 22.7. The Morgan fingerprint density at radius 3 is 2.61 bits per heavy atom. The lowest BCUT2D eigenvalue weighted by Gasteiger charge is -2.44. The lowest BCUT2D eigenvalue weighted by Crippen LogP contribution is -2.40. The van der Waals surface area contributed by atoms with Crippen LogP contribution in [0.4, 0.5) is 18.9 Å². The third-order valence-corrected chi connectivity index (χ3v) is 7.27. The largest absolute Gasteiger partial charge is 0.439 e. The van der Waals surface area contributed by atoms with Crippen LogP contribution in [-0.2, 0) is 11.0 Å². The fourth-order valence-corrected chi connectivity index (χ4v) is 5.40. The Hall–Kier alpha value is -3.68. The van der Waals surface area contributed by atoms with Crippen LogP contribution in [0.5, 0.6) is 11.6 Å². The number of pyridine rings is 2. The minimum absolute atomic E-state index is 0.0130. The summed E-state index contributed by atoms with van der Waals surface area (Å²) in [5.74, 6) is 1.31. The Morgan fingerprint density at radius 2 is 1.94 bits per heavy atom. The van der Waals surface area contributed by atoms with E-state index >= 15 is 0 Å². The number of amides is 1. The number of ether oxygens (including phenoxy) is 1. The van der Waals surface area contributed by atoms with Gasteiger partial charge in [-0.3, -0.25) is 9.78 Å². The van der Waals surface area contributed by atoms with Crippen LogP contribution in [0.25, 0.3) is 5.57 Å². The molecule has 2 aromatic heterocycles. The summed E-state index contributed by atoms with van der Waals surface area (Å²) in [5, 5.41) is 3.01. The van der Waals surface area contributed by atoms with Gasteiger partial charge in [-0.2, -0.15) is 13.2 Å². The van der Waals surface area contributed by atoms with E-state index in [1.54, 1.807) is 24.5 Å². The topological polar surface area (TPSA) is 64.1 Å². The van der Waals surface area contributed by atoms with Gasteiger partial charge in [0, 0.05) is 24.4 Å². The van der Waals surface area contributed by atoms with Gasteiger partial charge in [-0.1, -0.05) is 17.7 Å². The van der Waals surface area contributed by atoms with E-state index in [-0.39, 0.29) is 17.7 Å². The second-order valence-electron chi connectivity index (χ2n) is 9.47. The number of carbonyl (C=O) groups excluding carboxylic acids is 1. The fraction of sp³-hybridized carbons (Fsp3) is 0.321. The summed E-state index contributed by atoms with van der Waals surface area (Å²) in [6, 6.07) is 13.3. The third-order valence-electron chi connectivity index (χ3n) is 7.27. The van der Waals surface area contributed by atoms with Gasteiger partial charge in [0.2, 0.25) is 11.8 Å². The molecule has 3 atom stereocenters. The first-order valence-corrected chi connectivity index (χ1v) is 12.0. The van der Waals surface area contributed by atoms with Crippen LogP contribution in [0.3, 0.4) is 0 Å². The molecule has 3 saturated carbocycles. The van der Waals surface area contributed by atoms with E-state index in [0.29, 0.717) is 17.6 Å². The third kappa shape index (κ3) is 5.12. The molecule has 5 nitrogen and oxygen atoms in total. The number of carbonyl (C=O) groups is 1. The number of fused-ring (bicyclic) bond motifs is 3. The molecule has 1 aromatic carbocycles. The number of anilines is 1. The van der Waals surface area contributed by atoms with Crippen LogP contribution < -0.4 is 10.1 Å². The summed E-state index contributed by atoms with van der Waals surface area (Å²) in [6.07, 6.45) is 3.48. The summed E-state index contributed by atoms with van der Waals surface area (Å²) in [5.41, 5.74) is 3.45. The molecule has 2 bridgehead atoms. The molecule has 8 heteroatoms. The molecule has 0 aliphatic heterocycles. The summed E-state index contributed by atoms with van der Waals surface area (Å²) < 4.78 is 44.1. The number of allylic oxidation sites excluding steroid dienone is 2. The number of halogens is 3. The van der Waals surface area contributed by atoms with Crippen LogP contribution in [0.1, 0.15) is 43.7 Å². The summed E-state index contributed by atoms with van der Waals surface area (Å²) in [7, 11) is 0. The Labute approximate surface area is 207 Å². The average Bonchev–Trinajstić information content (AvgIpc) is 2.89. The molecule has 0 saturated heterocycles. The molecule has 3 unspecified atom stereocenters. The van der Waals surface area contributed by atoms with Gasteiger partial charge in [0.15, 0.2) is 0 Å². The number of rotatable bonds is 5. The summed E-state index contributed by atoms with van der Waals surface area (Å²) in [6.45, 7) is 2.09. The zero-order valence-electron chi connectivity index (χ0n) is 19.8. The van der Waals surface area contributed by atoms with Crippen LogP contribution in [-0.4, -0.2) is 15.9 Å². The van der Waals surface area contributed by atoms with E-state index in [2.05, 4.69) is 22.2 Å². The van der Waals surface area contributed by atoms with Crippen molar-refractivity contribution < 1.29 is 22.7 Å². The highest BCUT2D eigenvalue weighted by Gasteiger charge is 2.42. The van der Waals surface area contributed by atoms with Crippen molar-refractivity contribution in [3.05, 3.63) is 83.8 Å². The predicted octanol–water partition coefficient (Wildman–Crippen LogP) is 7.14. The van der Waals surface area contributed by atoms with Gasteiger partial charge in [-0.25, -0.2) is 4.98 Å². The van der Waals surface area contributed by atoms with Crippen molar-refractivity contribution in [3.63, 3.8) is 0 Å². The second kappa shape index (κ2) is 9.76. The van der Waals surface area contributed by atoms with Gasteiger partial charge in [0.05, 0.1) is 17.4 Å². The lowest BCUT2D eigenvalue weighted by atomic mass is 9.61. The number of nitrogens with zero attached hydrogens (tertiary/aromatic N) is 2. The lowest BCUT2D eigenvalue weighted by molar-refractivity contribution is -0.137. The Bertz CT molecular complexity index is 1270. The van der Waals surface area contributed by atoms with Gasteiger partial charge in [0.25, 0.3) is 0 Å². The number of hydrogen-bond donors (Lipinski definition) is 1. The zero-order valence-corrected chi connectivity index (χ0v) is 19.8. The van der Waals surface area contributed by atoms with Crippen molar-refractivity contribution in [2.45, 2.75) is 38.8 Å². The highest BCUT2D eigenvalue weighted by Crippen LogP contribution is 2.50. The molecule has 3 fully saturated rings. The van der Waals surface area contributed by atoms with Crippen molar-refractivity contribution in [3.8, 4) is 11.6 Å². The summed E-state index contributed by atoms with van der Waals surface area (Å²) >= 11 is 0. The van der Waals surface area contributed by atoms with Crippen LogP contribution in [0.15, 0.2) is 72.7 Å². The number of nitrogens with one attached hydrogen (secondary N) is 1. The van der Waals surface area contributed by atoms with Crippen molar-refractivity contribution in [2.75, 3.05) is 5.32 Å². The maximum absolute atomic E-state index is 13.0.